The number of likely N-dealkylation sites (tertiary alicyclic amines) is 1. The fraction of sp³-hybridized carbons (Fsp3) is 0.457. The maximum atomic E-state index is 14.4. The molecule has 2 aliphatic heterocycles. The Balaban J connectivity index is 0.00000423. The Morgan fingerprint density at radius 2 is 1.58 bits per heavy atom. The maximum absolute atomic E-state index is 14.4. The van der Waals surface area contributed by atoms with Crippen molar-refractivity contribution in [3.63, 3.8) is 0 Å². The molecule has 0 spiro atoms. The van der Waals surface area contributed by atoms with Gasteiger partial charge in [0, 0.05) is 31.5 Å². The minimum absolute atomic E-state index is 0. The largest absolute Gasteiger partial charge is 0.356 e. The number of halogens is 1. The second kappa shape index (κ2) is 14.4. The van der Waals surface area contributed by atoms with Crippen molar-refractivity contribution in [1.29, 1.82) is 0 Å². The van der Waals surface area contributed by atoms with E-state index >= 15 is 0 Å². The van der Waals surface area contributed by atoms with E-state index in [4.69, 9.17) is 0 Å². The molecule has 0 bridgehead atoms. The highest BCUT2D eigenvalue weighted by Crippen LogP contribution is 2.35. The molecule has 7 nitrogen and oxygen atoms in total. The lowest BCUT2D eigenvalue weighted by Gasteiger charge is -2.43. The first-order chi connectivity index (χ1) is 20.3. The van der Waals surface area contributed by atoms with Crippen LogP contribution in [-0.2, 0) is 27.2 Å². The molecule has 3 aromatic rings. The number of fused-ring (bicyclic) bond motifs is 1. The zero-order valence-corrected chi connectivity index (χ0v) is 26.2. The average Bonchev–Trinajstić information content (AvgIpc) is 3.01. The first-order valence-electron chi connectivity index (χ1n) is 15.4. The Morgan fingerprint density at radius 1 is 0.884 bits per heavy atom. The number of nitrogens with zero attached hydrogens (tertiary/aromatic N) is 1. The van der Waals surface area contributed by atoms with E-state index in [1.807, 2.05) is 67.3 Å². The van der Waals surface area contributed by atoms with Crippen molar-refractivity contribution in [2.24, 2.45) is 10.8 Å². The minimum atomic E-state index is -0.718. The van der Waals surface area contributed by atoms with Gasteiger partial charge in [0.2, 0.25) is 17.7 Å². The summed E-state index contributed by atoms with van der Waals surface area (Å²) >= 11 is 0. The normalized spacial score (nSPS) is 20.5. The van der Waals surface area contributed by atoms with Crippen LogP contribution in [0.3, 0.4) is 0 Å². The zero-order valence-electron chi connectivity index (χ0n) is 25.4. The molecule has 230 valence electrons. The smallest absolute Gasteiger partial charge is 0.245 e. The van der Waals surface area contributed by atoms with Gasteiger partial charge in [-0.05, 0) is 74.0 Å². The number of rotatable bonds is 9. The van der Waals surface area contributed by atoms with Crippen molar-refractivity contribution in [2.75, 3.05) is 32.7 Å². The Labute approximate surface area is 261 Å². The van der Waals surface area contributed by atoms with Crippen LogP contribution in [0.2, 0.25) is 0 Å². The summed E-state index contributed by atoms with van der Waals surface area (Å²) in [5.74, 6) is -0.196. The third-order valence-corrected chi connectivity index (χ3v) is 9.21. The lowest BCUT2D eigenvalue weighted by atomic mass is 9.74. The highest BCUT2D eigenvalue weighted by Gasteiger charge is 2.45. The van der Waals surface area contributed by atoms with Crippen LogP contribution in [0.1, 0.15) is 50.7 Å². The Kier molecular flexibility index (Phi) is 10.9. The number of piperidine rings is 2. The van der Waals surface area contributed by atoms with Gasteiger partial charge in [0.05, 0.1) is 5.41 Å². The van der Waals surface area contributed by atoms with E-state index in [1.54, 1.807) is 0 Å². The fourth-order valence-electron chi connectivity index (χ4n) is 6.62. The third-order valence-electron chi connectivity index (χ3n) is 9.21. The molecule has 2 saturated heterocycles. The van der Waals surface area contributed by atoms with Gasteiger partial charge in [0.15, 0.2) is 0 Å². The van der Waals surface area contributed by atoms with E-state index < -0.39 is 16.9 Å². The molecule has 8 heteroatoms. The van der Waals surface area contributed by atoms with E-state index in [0.717, 1.165) is 54.3 Å². The molecule has 2 aliphatic rings. The van der Waals surface area contributed by atoms with E-state index in [9.17, 15) is 14.4 Å². The first kappa shape index (κ1) is 32.5. The number of hydrogen-bond acceptors (Lipinski definition) is 4. The van der Waals surface area contributed by atoms with Crippen molar-refractivity contribution in [3.8, 4) is 0 Å². The monoisotopic (exact) mass is 604 g/mol. The van der Waals surface area contributed by atoms with E-state index in [-0.39, 0.29) is 30.1 Å². The number of amides is 3. The highest BCUT2D eigenvalue weighted by atomic mass is 35.5. The zero-order chi connectivity index (χ0) is 29.6. The highest BCUT2D eigenvalue weighted by molar-refractivity contribution is 5.91. The summed E-state index contributed by atoms with van der Waals surface area (Å²) in [5.41, 5.74) is 0.841. The number of carbonyl (C=O) groups is 3. The van der Waals surface area contributed by atoms with Gasteiger partial charge in [-0.15, -0.1) is 12.4 Å². The summed E-state index contributed by atoms with van der Waals surface area (Å²) < 4.78 is 0. The summed E-state index contributed by atoms with van der Waals surface area (Å²) in [7, 11) is 0. The number of carbonyl (C=O) groups excluding carboxylic acids is 3. The molecule has 2 atom stereocenters. The summed E-state index contributed by atoms with van der Waals surface area (Å²) in [6.45, 7) is 6.94. The Hall–Kier alpha value is -3.42. The van der Waals surface area contributed by atoms with Crippen molar-refractivity contribution in [1.82, 2.24) is 20.9 Å². The van der Waals surface area contributed by atoms with Gasteiger partial charge in [-0.2, -0.15) is 0 Å². The molecule has 0 radical (unpaired) electrons. The molecule has 0 saturated carbocycles. The molecular weight excluding hydrogens is 560 g/mol. The lowest BCUT2D eigenvalue weighted by molar-refractivity contribution is -0.145. The van der Waals surface area contributed by atoms with E-state index in [2.05, 4.69) is 40.2 Å². The van der Waals surface area contributed by atoms with Crippen molar-refractivity contribution in [3.05, 3.63) is 83.9 Å². The lowest BCUT2D eigenvalue weighted by Crippen LogP contribution is -2.59. The van der Waals surface area contributed by atoms with Gasteiger partial charge < -0.3 is 20.9 Å². The maximum Gasteiger partial charge on any atom is 0.245 e. The molecule has 3 aromatic carbocycles. The molecule has 0 aromatic heterocycles. The van der Waals surface area contributed by atoms with Crippen LogP contribution in [0.15, 0.2) is 72.8 Å². The first-order valence-corrected chi connectivity index (χ1v) is 15.4. The number of benzene rings is 3. The molecule has 3 amide bonds. The quantitative estimate of drug-likeness (QED) is 0.331. The Morgan fingerprint density at radius 3 is 2.30 bits per heavy atom. The van der Waals surface area contributed by atoms with Gasteiger partial charge in [0.1, 0.15) is 6.04 Å². The predicted molar refractivity (Wildman–Crippen MR) is 174 cm³/mol. The molecule has 2 heterocycles. The molecule has 3 N–H and O–H groups in total. The second-order valence-electron chi connectivity index (χ2n) is 12.4. The predicted octanol–water partition coefficient (Wildman–Crippen LogP) is 4.67. The van der Waals surface area contributed by atoms with Crippen LogP contribution in [0.5, 0.6) is 0 Å². The summed E-state index contributed by atoms with van der Waals surface area (Å²) in [5, 5.41) is 11.8. The third kappa shape index (κ3) is 7.57. The molecule has 1 unspecified atom stereocenters. The van der Waals surface area contributed by atoms with E-state index in [1.165, 1.54) is 0 Å². The fourth-order valence-corrected chi connectivity index (χ4v) is 6.62. The Bertz CT molecular complexity index is 1410. The number of nitrogens with one attached hydrogen (secondary N) is 3. The van der Waals surface area contributed by atoms with Gasteiger partial charge >= 0.3 is 0 Å². The molecule has 0 aliphatic carbocycles. The summed E-state index contributed by atoms with van der Waals surface area (Å²) in [4.78, 5) is 43.5. The van der Waals surface area contributed by atoms with Crippen LogP contribution in [0.4, 0.5) is 0 Å². The van der Waals surface area contributed by atoms with Crippen LogP contribution in [0, 0.1) is 10.8 Å². The summed E-state index contributed by atoms with van der Waals surface area (Å²) in [6, 6.07) is 23.7. The van der Waals surface area contributed by atoms with E-state index in [0.29, 0.717) is 38.9 Å². The minimum Gasteiger partial charge on any atom is -0.356 e. The van der Waals surface area contributed by atoms with Crippen LogP contribution < -0.4 is 16.0 Å². The second-order valence-corrected chi connectivity index (χ2v) is 12.4. The van der Waals surface area contributed by atoms with Gasteiger partial charge in [-0.3, -0.25) is 14.4 Å². The number of hydrogen-bond donors (Lipinski definition) is 3. The van der Waals surface area contributed by atoms with Crippen LogP contribution in [0.25, 0.3) is 10.8 Å². The topological polar surface area (TPSA) is 90.5 Å². The van der Waals surface area contributed by atoms with Crippen molar-refractivity contribution < 1.29 is 14.4 Å². The standard InChI is InChI=1S/C35H44N4O3.ClH/c1-3-37-33(42)35(24-26-10-5-4-6-11-26)16-9-21-39(25-35)31(40)30(38-32(41)34(2)17-19-36-20-18-34)23-27-14-15-28-12-7-8-13-29(28)22-27;/h4-8,10-15,22,30,36H,3,9,16-21,23-25H2,1-2H3,(H,37,42)(H,38,41);1H/t30?,35-;/m0./s1. The van der Waals surface area contributed by atoms with Crippen LogP contribution in [-0.4, -0.2) is 61.4 Å². The van der Waals surface area contributed by atoms with Gasteiger partial charge in [-0.1, -0.05) is 79.7 Å². The molecule has 5 rings (SSSR count). The SMILES string of the molecule is CCNC(=O)[C@]1(Cc2ccccc2)CCCN(C(=O)C(Cc2ccc3ccccc3c2)NC(=O)C2(C)CCNCC2)C1.Cl. The van der Waals surface area contributed by atoms with Gasteiger partial charge in [-0.25, -0.2) is 0 Å². The van der Waals surface area contributed by atoms with Crippen molar-refractivity contribution in [2.45, 2.75) is 58.4 Å². The average molecular weight is 605 g/mol. The summed E-state index contributed by atoms with van der Waals surface area (Å²) in [6.07, 6.45) is 3.87. The van der Waals surface area contributed by atoms with Crippen molar-refractivity contribution >= 4 is 40.9 Å². The molecule has 43 heavy (non-hydrogen) atoms. The molecular formula is C35H45ClN4O3. The van der Waals surface area contributed by atoms with Gasteiger partial charge in [0.25, 0.3) is 0 Å². The van der Waals surface area contributed by atoms with Crippen LogP contribution >= 0.6 is 12.4 Å². The molecule has 2 fully saturated rings.